The number of hydrogen-bond donors (Lipinski definition) is 1. The second-order valence-corrected chi connectivity index (χ2v) is 8.24. The van der Waals surface area contributed by atoms with E-state index in [0.717, 1.165) is 19.3 Å². The standard InChI is InChI=1S/C16H28O3/c1-10-7-8-11-12(17)16(10,9-15(11,5)6)13(18)19-14(2,3)4/h10-12,17H,7-9H2,1-6H3/t10-,11-,12+,16-/m1/s1. The Bertz CT molecular complexity index is 380. The molecule has 0 aromatic rings. The van der Waals surface area contributed by atoms with E-state index in [1.165, 1.54) is 0 Å². The number of aliphatic hydroxyl groups is 1. The lowest BCUT2D eigenvalue weighted by Crippen LogP contribution is -2.50. The quantitative estimate of drug-likeness (QED) is 0.743. The fourth-order valence-corrected chi connectivity index (χ4v) is 4.24. The van der Waals surface area contributed by atoms with Crippen LogP contribution in [0.25, 0.3) is 0 Å². The van der Waals surface area contributed by atoms with Crippen LogP contribution in [0, 0.1) is 22.7 Å². The van der Waals surface area contributed by atoms with Crippen molar-refractivity contribution in [3.05, 3.63) is 0 Å². The average molecular weight is 268 g/mol. The molecule has 0 aliphatic heterocycles. The van der Waals surface area contributed by atoms with E-state index in [-0.39, 0.29) is 23.2 Å². The zero-order valence-electron chi connectivity index (χ0n) is 13.1. The van der Waals surface area contributed by atoms with Gasteiger partial charge in [0.05, 0.1) is 11.5 Å². The van der Waals surface area contributed by atoms with Gasteiger partial charge in [0.15, 0.2) is 0 Å². The molecule has 3 nitrogen and oxygen atoms in total. The van der Waals surface area contributed by atoms with Crippen molar-refractivity contribution in [2.24, 2.45) is 22.7 Å². The molecule has 3 heteroatoms. The molecule has 0 spiro atoms. The summed E-state index contributed by atoms with van der Waals surface area (Å²) in [6.45, 7) is 12.1. The number of carbonyl (C=O) groups is 1. The van der Waals surface area contributed by atoms with Gasteiger partial charge < -0.3 is 9.84 Å². The molecule has 110 valence electrons. The minimum Gasteiger partial charge on any atom is -0.459 e. The van der Waals surface area contributed by atoms with Crippen LogP contribution in [0.3, 0.4) is 0 Å². The molecule has 0 unspecified atom stereocenters. The summed E-state index contributed by atoms with van der Waals surface area (Å²) in [5, 5.41) is 10.7. The van der Waals surface area contributed by atoms with Gasteiger partial charge in [-0.25, -0.2) is 0 Å². The van der Waals surface area contributed by atoms with Gasteiger partial charge in [-0.2, -0.15) is 0 Å². The summed E-state index contributed by atoms with van der Waals surface area (Å²) < 4.78 is 5.63. The van der Waals surface area contributed by atoms with Gasteiger partial charge in [-0.05, 0) is 57.3 Å². The lowest BCUT2D eigenvalue weighted by molar-refractivity contribution is -0.182. The van der Waals surface area contributed by atoms with Gasteiger partial charge in [0.1, 0.15) is 5.60 Å². The lowest BCUT2D eigenvalue weighted by atomic mass is 9.66. The number of fused-ring (bicyclic) bond motifs is 2. The first-order valence-electron chi connectivity index (χ1n) is 7.42. The Morgan fingerprint density at radius 1 is 1.26 bits per heavy atom. The molecular weight excluding hydrogens is 240 g/mol. The maximum atomic E-state index is 12.7. The molecule has 0 radical (unpaired) electrons. The summed E-state index contributed by atoms with van der Waals surface area (Å²) in [4.78, 5) is 12.7. The van der Waals surface area contributed by atoms with E-state index in [1.54, 1.807) is 0 Å². The van der Waals surface area contributed by atoms with E-state index in [9.17, 15) is 9.90 Å². The van der Waals surface area contributed by atoms with Gasteiger partial charge in [-0.1, -0.05) is 20.8 Å². The number of rotatable bonds is 1. The van der Waals surface area contributed by atoms with Crippen molar-refractivity contribution < 1.29 is 14.6 Å². The molecule has 0 saturated heterocycles. The maximum Gasteiger partial charge on any atom is 0.315 e. The second kappa shape index (κ2) is 4.21. The summed E-state index contributed by atoms with van der Waals surface area (Å²) in [7, 11) is 0. The highest BCUT2D eigenvalue weighted by Gasteiger charge is 2.65. The van der Waals surface area contributed by atoms with Crippen LogP contribution in [-0.2, 0) is 9.53 Å². The lowest BCUT2D eigenvalue weighted by Gasteiger charge is -2.42. The van der Waals surface area contributed by atoms with Crippen molar-refractivity contribution in [3.63, 3.8) is 0 Å². The van der Waals surface area contributed by atoms with Crippen molar-refractivity contribution >= 4 is 5.97 Å². The van der Waals surface area contributed by atoms with Gasteiger partial charge >= 0.3 is 5.97 Å². The summed E-state index contributed by atoms with van der Waals surface area (Å²) in [5.74, 6) is 0.210. The van der Waals surface area contributed by atoms with Crippen molar-refractivity contribution in [2.75, 3.05) is 0 Å². The van der Waals surface area contributed by atoms with Gasteiger partial charge in [-0.3, -0.25) is 4.79 Å². The predicted octanol–water partition coefficient (Wildman–Crippen LogP) is 3.15. The van der Waals surface area contributed by atoms with E-state index in [4.69, 9.17) is 4.74 Å². The van der Waals surface area contributed by atoms with Crippen molar-refractivity contribution in [2.45, 2.75) is 72.5 Å². The molecule has 2 aliphatic rings. The van der Waals surface area contributed by atoms with Crippen molar-refractivity contribution in [3.8, 4) is 0 Å². The molecule has 2 rings (SSSR count). The van der Waals surface area contributed by atoms with Crippen LogP contribution in [0.2, 0.25) is 0 Å². The average Bonchev–Trinajstić information content (AvgIpc) is 2.33. The van der Waals surface area contributed by atoms with Crippen LogP contribution in [0.5, 0.6) is 0 Å². The fraction of sp³-hybridized carbons (Fsp3) is 0.938. The van der Waals surface area contributed by atoms with E-state index in [0.29, 0.717) is 0 Å². The zero-order valence-corrected chi connectivity index (χ0v) is 13.1. The minimum atomic E-state index is -0.695. The molecule has 2 saturated carbocycles. The molecule has 0 aromatic carbocycles. The van der Waals surface area contributed by atoms with Gasteiger partial charge in [-0.15, -0.1) is 0 Å². The van der Waals surface area contributed by atoms with Gasteiger partial charge in [0, 0.05) is 0 Å². The Balaban J connectivity index is 2.36. The molecule has 2 fully saturated rings. The normalized spacial score (nSPS) is 41.1. The highest BCUT2D eigenvalue weighted by Crippen LogP contribution is 2.62. The van der Waals surface area contributed by atoms with Crippen LogP contribution in [0.1, 0.15) is 60.8 Å². The molecule has 2 bridgehead atoms. The number of hydrogen-bond acceptors (Lipinski definition) is 3. The number of ether oxygens (including phenoxy) is 1. The Morgan fingerprint density at radius 2 is 1.84 bits per heavy atom. The van der Waals surface area contributed by atoms with E-state index in [2.05, 4.69) is 20.8 Å². The molecule has 4 atom stereocenters. The van der Waals surface area contributed by atoms with Crippen LogP contribution < -0.4 is 0 Å². The SMILES string of the molecule is C[C@@H]1CC[C@@H]2[C@H](O)[C@@]1(C(=O)OC(C)(C)C)CC2(C)C. The molecule has 19 heavy (non-hydrogen) atoms. The summed E-state index contributed by atoms with van der Waals surface area (Å²) in [6.07, 6.45) is 2.20. The third kappa shape index (κ3) is 2.20. The Labute approximate surface area is 116 Å². The maximum absolute atomic E-state index is 12.7. The molecular formula is C16H28O3. The zero-order chi connectivity index (χ0) is 14.6. The minimum absolute atomic E-state index is 0.0150. The third-order valence-corrected chi connectivity index (χ3v) is 5.23. The second-order valence-electron chi connectivity index (χ2n) is 8.24. The van der Waals surface area contributed by atoms with Crippen molar-refractivity contribution in [1.82, 2.24) is 0 Å². The summed E-state index contributed by atoms with van der Waals surface area (Å²) in [5.41, 5.74) is -1.17. The first-order chi connectivity index (χ1) is 8.51. The first kappa shape index (κ1) is 14.8. The largest absolute Gasteiger partial charge is 0.459 e. The third-order valence-electron chi connectivity index (χ3n) is 5.23. The Morgan fingerprint density at radius 3 is 2.37 bits per heavy atom. The molecule has 2 aliphatic carbocycles. The number of esters is 1. The fourth-order valence-electron chi connectivity index (χ4n) is 4.24. The Kier molecular flexibility index (Phi) is 3.29. The highest BCUT2D eigenvalue weighted by atomic mass is 16.6. The first-order valence-corrected chi connectivity index (χ1v) is 7.42. The van der Waals surface area contributed by atoms with Crippen molar-refractivity contribution in [1.29, 1.82) is 0 Å². The van der Waals surface area contributed by atoms with E-state index in [1.807, 2.05) is 20.8 Å². The smallest absolute Gasteiger partial charge is 0.315 e. The van der Waals surface area contributed by atoms with E-state index >= 15 is 0 Å². The molecule has 1 N–H and O–H groups in total. The highest BCUT2D eigenvalue weighted by molar-refractivity contribution is 5.79. The Hall–Kier alpha value is -0.570. The van der Waals surface area contributed by atoms with Crippen LogP contribution >= 0.6 is 0 Å². The predicted molar refractivity (Wildman–Crippen MR) is 74.6 cm³/mol. The van der Waals surface area contributed by atoms with Crippen LogP contribution in [0.15, 0.2) is 0 Å². The van der Waals surface area contributed by atoms with Crippen LogP contribution in [0.4, 0.5) is 0 Å². The monoisotopic (exact) mass is 268 g/mol. The topological polar surface area (TPSA) is 46.5 Å². The van der Waals surface area contributed by atoms with E-state index < -0.39 is 17.1 Å². The number of aliphatic hydroxyl groups excluding tert-OH is 1. The number of carbonyl (C=O) groups excluding carboxylic acids is 1. The molecule has 0 heterocycles. The summed E-state index contributed by atoms with van der Waals surface area (Å²) in [6, 6.07) is 0. The molecule has 0 amide bonds. The summed E-state index contributed by atoms with van der Waals surface area (Å²) >= 11 is 0. The van der Waals surface area contributed by atoms with Gasteiger partial charge in [0.2, 0.25) is 0 Å². The van der Waals surface area contributed by atoms with Gasteiger partial charge in [0.25, 0.3) is 0 Å². The van der Waals surface area contributed by atoms with Crippen LogP contribution in [-0.4, -0.2) is 22.8 Å². The molecule has 0 aromatic heterocycles.